The third-order valence-corrected chi connectivity index (χ3v) is 3.83. The van der Waals surface area contributed by atoms with E-state index in [2.05, 4.69) is 29.8 Å². The van der Waals surface area contributed by atoms with Gasteiger partial charge in [0.2, 0.25) is 0 Å². The summed E-state index contributed by atoms with van der Waals surface area (Å²) in [5.41, 5.74) is -0.310. The van der Waals surface area contributed by atoms with Crippen LogP contribution in [-0.2, 0) is 9.47 Å². The molecule has 0 bridgehead atoms. The smallest absolute Gasteiger partial charge is 0.0890 e. The molecule has 0 aliphatic heterocycles. The van der Waals surface area contributed by atoms with Gasteiger partial charge in [0.05, 0.1) is 24.2 Å². The summed E-state index contributed by atoms with van der Waals surface area (Å²) in [5.74, 6) is 0.905. The number of hydrogen-bond donors (Lipinski definition) is 0. The Kier molecular flexibility index (Phi) is 7.39. The molecule has 0 radical (unpaired) electrons. The minimum absolute atomic E-state index is 0.0984. The van der Waals surface area contributed by atoms with E-state index in [-0.39, 0.29) is 11.7 Å². The van der Waals surface area contributed by atoms with Crippen LogP contribution in [-0.4, -0.2) is 36.6 Å². The number of hydrogen-bond acceptors (Lipinski definition) is 2. The van der Waals surface area contributed by atoms with Gasteiger partial charge in [0.1, 0.15) is 0 Å². The second kappa shape index (κ2) is 7.04. The molecule has 0 aliphatic carbocycles. The van der Waals surface area contributed by atoms with Gasteiger partial charge in [0.25, 0.3) is 0 Å². The summed E-state index contributed by atoms with van der Waals surface area (Å²) in [6.07, 6.45) is 0.0984. The highest BCUT2D eigenvalue weighted by Gasteiger charge is 2.28. The summed E-state index contributed by atoms with van der Waals surface area (Å²) in [4.78, 5) is 0. The summed E-state index contributed by atoms with van der Waals surface area (Å²) >= 11 is 9.27. The number of ether oxygens (including phenoxy) is 2. The fourth-order valence-electron chi connectivity index (χ4n) is 0.991. The molecular weight excluding hydrogens is 267 g/mol. The van der Waals surface area contributed by atoms with Crippen molar-refractivity contribution < 1.29 is 9.47 Å². The Balaban J connectivity index is 4.25. The molecule has 86 valence electrons. The van der Waals surface area contributed by atoms with E-state index in [1.54, 1.807) is 7.11 Å². The van der Waals surface area contributed by atoms with E-state index in [0.717, 1.165) is 5.33 Å². The van der Waals surface area contributed by atoms with Crippen LogP contribution in [0.25, 0.3) is 0 Å². The van der Waals surface area contributed by atoms with E-state index in [9.17, 15) is 0 Å². The zero-order valence-corrected chi connectivity index (χ0v) is 11.7. The lowest BCUT2D eigenvalue weighted by atomic mass is 10.1. The molecule has 14 heavy (non-hydrogen) atoms. The van der Waals surface area contributed by atoms with Crippen molar-refractivity contribution >= 4 is 27.5 Å². The fourth-order valence-corrected chi connectivity index (χ4v) is 1.71. The molecule has 0 N–H and O–H groups in total. The Morgan fingerprint density at radius 3 is 2.29 bits per heavy atom. The molecule has 0 heterocycles. The van der Waals surface area contributed by atoms with Crippen LogP contribution in [0.5, 0.6) is 0 Å². The first-order valence-electron chi connectivity index (χ1n) is 4.77. The zero-order valence-electron chi connectivity index (χ0n) is 9.35. The highest BCUT2D eigenvalue weighted by molar-refractivity contribution is 9.09. The molecule has 0 aromatic heterocycles. The van der Waals surface area contributed by atoms with Gasteiger partial charge in [-0.3, -0.25) is 0 Å². The van der Waals surface area contributed by atoms with Crippen molar-refractivity contribution in [2.45, 2.75) is 32.5 Å². The predicted molar refractivity (Wildman–Crippen MR) is 64.5 cm³/mol. The van der Waals surface area contributed by atoms with Crippen molar-refractivity contribution in [3.05, 3.63) is 0 Å². The largest absolute Gasteiger partial charge is 0.382 e. The van der Waals surface area contributed by atoms with Gasteiger partial charge in [-0.15, -0.1) is 11.6 Å². The third-order valence-electron chi connectivity index (χ3n) is 2.08. The van der Waals surface area contributed by atoms with E-state index in [4.69, 9.17) is 21.1 Å². The third kappa shape index (κ3) is 4.96. The van der Waals surface area contributed by atoms with Gasteiger partial charge in [0.15, 0.2) is 0 Å². The van der Waals surface area contributed by atoms with Gasteiger partial charge in [-0.2, -0.15) is 0 Å². The maximum Gasteiger partial charge on any atom is 0.0890 e. The summed E-state index contributed by atoms with van der Waals surface area (Å²) in [6.45, 7) is 6.84. The molecule has 0 spiro atoms. The van der Waals surface area contributed by atoms with E-state index < -0.39 is 0 Å². The second-order valence-corrected chi connectivity index (χ2v) is 4.90. The van der Waals surface area contributed by atoms with Crippen LogP contribution in [0, 0.1) is 5.92 Å². The lowest BCUT2D eigenvalue weighted by Crippen LogP contribution is -2.41. The van der Waals surface area contributed by atoms with Crippen molar-refractivity contribution in [3.8, 4) is 0 Å². The zero-order chi connectivity index (χ0) is 11.2. The molecule has 4 heteroatoms. The number of rotatable bonds is 7. The summed E-state index contributed by atoms with van der Waals surface area (Å²) in [5, 5.41) is 0.733. The molecule has 0 aromatic carbocycles. The molecule has 0 rings (SSSR count). The molecule has 2 atom stereocenters. The summed E-state index contributed by atoms with van der Waals surface area (Å²) in [6, 6.07) is 0. The molecule has 2 unspecified atom stereocenters. The Hall–Kier alpha value is 0.690. The van der Waals surface area contributed by atoms with Crippen LogP contribution in [0.3, 0.4) is 0 Å². The normalized spacial score (nSPS) is 18.2. The quantitative estimate of drug-likeness (QED) is 0.670. The lowest BCUT2D eigenvalue weighted by Gasteiger charge is -2.32. The number of halogens is 2. The molecule has 0 amide bonds. The molecule has 0 aliphatic rings. The maximum absolute atomic E-state index is 5.93. The SMILES string of the molecule is COCC(OC(C)(CCl)CBr)C(C)C. The Morgan fingerprint density at radius 2 is 2.00 bits per heavy atom. The minimum atomic E-state index is -0.310. The van der Waals surface area contributed by atoms with Gasteiger partial charge in [-0.05, 0) is 12.8 Å². The van der Waals surface area contributed by atoms with Crippen molar-refractivity contribution in [1.29, 1.82) is 0 Å². The van der Waals surface area contributed by atoms with Crippen LogP contribution < -0.4 is 0 Å². The standard InChI is InChI=1S/C10H20BrClO2/c1-8(2)9(5-13-4)14-10(3,6-11)7-12/h8-9H,5-7H2,1-4H3. The molecule has 0 fully saturated rings. The Labute approximate surface area is 100 Å². The van der Waals surface area contributed by atoms with Crippen LogP contribution >= 0.6 is 27.5 Å². The van der Waals surface area contributed by atoms with E-state index in [1.807, 2.05) is 6.92 Å². The molecular formula is C10H20BrClO2. The van der Waals surface area contributed by atoms with Crippen molar-refractivity contribution in [1.82, 2.24) is 0 Å². The van der Waals surface area contributed by atoms with Crippen molar-refractivity contribution in [2.75, 3.05) is 24.9 Å². The average Bonchev–Trinajstić information content (AvgIpc) is 2.17. The molecule has 0 saturated heterocycles. The van der Waals surface area contributed by atoms with Gasteiger partial charge < -0.3 is 9.47 Å². The molecule has 0 saturated carbocycles. The number of methoxy groups -OCH3 is 1. The van der Waals surface area contributed by atoms with Crippen molar-refractivity contribution in [3.63, 3.8) is 0 Å². The van der Waals surface area contributed by atoms with E-state index in [0.29, 0.717) is 18.4 Å². The average molecular weight is 288 g/mol. The molecule has 2 nitrogen and oxygen atoms in total. The van der Waals surface area contributed by atoms with Crippen LogP contribution in [0.2, 0.25) is 0 Å². The fraction of sp³-hybridized carbons (Fsp3) is 1.00. The number of alkyl halides is 2. The Bertz CT molecular complexity index is 149. The van der Waals surface area contributed by atoms with Gasteiger partial charge in [-0.25, -0.2) is 0 Å². The topological polar surface area (TPSA) is 18.5 Å². The first-order chi connectivity index (χ1) is 6.49. The second-order valence-electron chi connectivity index (χ2n) is 4.07. The monoisotopic (exact) mass is 286 g/mol. The highest BCUT2D eigenvalue weighted by atomic mass is 79.9. The highest BCUT2D eigenvalue weighted by Crippen LogP contribution is 2.21. The molecule has 0 aromatic rings. The van der Waals surface area contributed by atoms with Crippen LogP contribution in [0.4, 0.5) is 0 Å². The first-order valence-corrected chi connectivity index (χ1v) is 6.43. The van der Waals surface area contributed by atoms with Gasteiger partial charge in [0, 0.05) is 12.4 Å². The predicted octanol–water partition coefficient (Wildman–Crippen LogP) is 3.07. The maximum atomic E-state index is 5.93. The summed E-state index contributed by atoms with van der Waals surface area (Å²) < 4.78 is 11.1. The van der Waals surface area contributed by atoms with Crippen LogP contribution in [0.1, 0.15) is 20.8 Å². The van der Waals surface area contributed by atoms with Gasteiger partial charge in [-0.1, -0.05) is 29.8 Å². The first kappa shape index (κ1) is 14.7. The van der Waals surface area contributed by atoms with Crippen LogP contribution in [0.15, 0.2) is 0 Å². The van der Waals surface area contributed by atoms with Gasteiger partial charge >= 0.3 is 0 Å². The Morgan fingerprint density at radius 1 is 1.43 bits per heavy atom. The summed E-state index contributed by atoms with van der Waals surface area (Å²) in [7, 11) is 1.69. The lowest BCUT2D eigenvalue weighted by molar-refractivity contribution is -0.0999. The van der Waals surface area contributed by atoms with E-state index >= 15 is 0 Å². The van der Waals surface area contributed by atoms with E-state index in [1.165, 1.54) is 0 Å². The minimum Gasteiger partial charge on any atom is -0.382 e. The van der Waals surface area contributed by atoms with Crippen molar-refractivity contribution in [2.24, 2.45) is 5.92 Å².